The van der Waals surface area contributed by atoms with Crippen LogP contribution in [0.4, 0.5) is 0 Å². The second-order valence-electron chi connectivity index (χ2n) is 5.05. The number of hydrogen-bond donors (Lipinski definition) is 1. The Hall–Kier alpha value is -1.55. The maximum absolute atomic E-state index is 11.9. The predicted molar refractivity (Wildman–Crippen MR) is 81.9 cm³/mol. The van der Waals surface area contributed by atoms with Crippen molar-refractivity contribution in [2.75, 3.05) is 20.6 Å². The van der Waals surface area contributed by atoms with Gasteiger partial charge in [0.1, 0.15) is 5.75 Å². The van der Waals surface area contributed by atoms with Crippen molar-refractivity contribution >= 4 is 5.91 Å². The zero-order valence-corrected chi connectivity index (χ0v) is 13.1. The molecule has 4 heteroatoms. The number of amides is 1. The van der Waals surface area contributed by atoms with Crippen molar-refractivity contribution in [3.8, 4) is 5.75 Å². The normalized spacial score (nSPS) is 13.7. The van der Waals surface area contributed by atoms with Crippen molar-refractivity contribution in [2.24, 2.45) is 0 Å². The van der Waals surface area contributed by atoms with Crippen LogP contribution in [0.25, 0.3) is 0 Å². The molecule has 1 aromatic carbocycles. The zero-order chi connectivity index (χ0) is 15.1. The van der Waals surface area contributed by atoms with E-state index in [0.29, 0.717) is 0 Å². The Kier molecular flexibility index (Phi) is 6.52. The van der Waals surface area contributed by atoms with Crippen LogP contribution < -0.4 is 10.1 Å². The summed E-state index contributed by atoms with van der Waals surface area (Å²) in [5.41, 5.74) is 1.11. The summed E-state index contributed by atoms with van der Waals surface area (Å²) in [4.78, 5) is 13.5. The van der Waals surface area contributed by atoms with E-state index in [-0.39, 0.29) is 11.9 Å². The molecular formula is C16H26N2O2. The molecule has 0 saturated heterocycles. The van der Waals surface area contributed by atoms with Crippen molar-refractivity contribution in [3.63, 3.8) is 0 Å². The second kappa shape index (κ2) is 7.90. The highest BCUT2D eigenvalue weighted by atomic mass is 16.5. The molecule has 0 fully saturated rings. The van der Waals surface area contributed by atoms with Crippen LogP contribution in [0.2, 0.25) is 0 Å². The highest BCUT2D eigenvalue weighted by molar-refractivity contribution is 5.80. The molecule has 1 rings (SSSR count). The SMILES string of the molecule is CCNC(CC)c1ccccc1OC(C)C(=O)N(C)C. The molecule has 1 N–H and O–H groups in total. The lowest BCUT2D eigenvalue weighted by Crippen LogP contribution is -2.35. The summed E-state index contributed by atoms with van der Waals surface area (Å²) in [6.45, 7) is 6.91. The smallest absolute Gasteiger partial charge is 0.262 e. The molecule has 0 saturated carbocycles. The van der Waals surface area contributed by atoms with Crippen LogP contribution in [0.1, 0.15) is 38.8 Å². The van der Waals surface area contributed by atoms with Gasteiger partial charge in [0, 0.05) is 25.7 Å². The fraction of sp³-hybridized carbons (Fsp3) is 0.562. The van der Waals surface area contributed by atoms with Crippen LogP contribution in [0.3, 0.4) is 0 Å². The van der Waals surface area contributed by atoms with Gasteiger partial charge in [-0.25, -0.2) is 0 Å². The average Bonchev–Trinajstić information content (AvgIpc) is 2.44. The lowest BCUT2D eigenvalue weighted by molar-refractivity contribution is -0.135. The third-order valence-electron chi connectivity index (χ3n) is 3.25. The quantitative estimate of drug-likeness (QED) is 0.833. The number of carbonyl (C=O) groups excluding carboxylic acids is 1. The Morgan fingerprint density at radius 2 is 1.95 bits per heavy atom. The predicted octanol–water partition coefficient (Wildman–Crippen LogP) is 2.60. The van der Waals surface area contributed by atoms with Crippen LogP contribution in [-0.2, 0) is 4.79 Å². The number of nitrogens with zero attached hydrogens (tertiary/aromatic N) is 1. The maximum atomic E-state index is 11.9. The average molecular weight is 278 g/mol. The molecule has 0 radical (unpaired) electrons. The minimum Gasteiger partial charge on any atom is -0.481 e. The number of rotatable bonds is 7. The van der Waals surface area contributed by atoms with Crippen molar-refractivity contribution in [1.82, 2.24) is 10.2 Å². The summed E-state index contributed by atoms with van der Waals surface area (Å²) in [6.07, 6.45) is 0.495. The summed E-state index contributed by atoms with van der Waals surface area (Å²) in [5, 5.41) is 3.44. The van der Waals surface area contributed by atoms with Gasteiger partial charge in [-0.2, -0.15) is 0 Å². The first-order valence-electron chi connectivity index (χ1n) is 7.21. The van der Waals surface area contributed by atoms with Gasteiger partial charge in [0.2, 0.25) is 0 Å². The van der Waals surface area contributed by atoms with Crippen LogP contribution in [0.15, 0.2) is 24.3 Å². The van der Waals surface area contributed by atoms with Gasteiger partial charge in [0.05, 0.1) is 0 Å². The number of hydrogen-bond acceptors (Lipinski definition) is 3. The largest absolute Gasteiger partial charge is 0.481 e. The molecule has 0 bridgehead atoms. The lowest BCUT2D eigenvalue weighted by atomic mass is 10.0. The molecule has 112 valence electrons. The summed E-state index contributed by atoms with van der Waals surface area (Å²) in [5.74, 6) is 0.749. The topological polar surface area (TPSA) is 41.6 Å². The van der Waals surface area contributed by atoms with E-state index >= 15 is 0 Å². The van der Waals surface area contributed by atoms with Gasteiger partial charge >= 0.3 is 0 Å². The van der Waals surface area contributed by atoms with Crippen molar-refractivity contribution in [2.45, 2.75) is 39.3 Å². The maximum Gasteiger partial charge on any atom is 0.262 e. The van der Waals surface area contributed by atoms with Gasteiger partial charge in [-0.05, 0) is 26.0 Å². The van der Waals surface area contributed by atoms with Gasteiger partial charge in [-0.15, -0.1) is 0 Å². The highest BCUT2D eigenvalue weighted by Gasteiger charge is 2.20. The number of benzene rings is 1. The van der Waals surface area contributed by atoms with Crippen molar-refractivity contribution < 1.29 is 9.53 Å². The van der Waals surface area contributed by atoms with E-state index in [1.807, 2.05) is 18.2 Å². The molecule has 2 atom stereocenters. The fourth-order valence-corrected chi connectivity index (χ4v) is 2.20. The Morgan fingerprint density at radius 3 is 2.50 bits per heavy atom. The minimum atomic E-state index is -0.481. The Balaban J connectivity index is 2.92. The lowest BCUT2D eigenvalue weighted by Gasteiger charge is -2.23. The summed E-state index contributed by atoms with van der Waals surface area (Å²) < 4.78 is 5.87. The van der Waals surface area contributed by atoms with Gasteiger partial charge in [-0.3, -0.25) is 4.79 Å². The number of ether oxygens (including phenoxy) is 1. The second-order valence-corrected chi connectivity index (χ2v) is 5.05. The molecule has 0 aliphatic carbocycles. The van der Waals surface area contributed by atoms with Crippen LogP contribution in [0, 0.1) is 0 Å². The van der Waals surface area contributed by atoms with E-state index in [9.17, 15) is 4.79 Å². The molecule has 0 aliphatic rings. The molecule has 2 unspecified atom stereocenters. The fourth-order valence-electron chi connectivity index (χ4n) is 2.20. The third-order valence-corrected chi connectivity index (χ3v) is 3.25. The van der Waals surface area contributed by atoms with E-state index in [0.717, 1.165) is 24.3 Å². The Bertz CT molecular complexity index is 432. The standard InChI is InChI=1S/C16H26N2O2/c1-6-14(17-7-2)13-10-8-9-11-15(13)20-12(3)16(19)18(4)5/h8-12,14,17H,6-7H2,1-5H3. The van der Waals surface area contributed by atoms with Crippen molar-refractivity contribution in [1.29, 1.82) is 0 Å². The first kappa shape index (κ1) is 16.5. The Labute approximate surface area is 122 Å². The molecule has 0 aromatic heterocycles. The molecule has 0 aliphatic heterocycles. The van der Waals surface area contributed by atoms with E-state index in [2.05, 4.69) is 25.2 Å². The molecular weight excluding hydrogens is 252 g/mol. The molecule has 1 aromatic rings. The minimum absolute atomic E-state index is 0.0312. The first-order chi connectivity index (χ1) is 9.51. The first-order valence-corrected chi connectivity index (χ1v) is 7.21. The van der Waals surface area contributed by atoms with Gasteiger partial charge < -0.3 is 15.0 Å². The number of nitrogens with one attached hydrogen (secondary N) is 1. The van der Waals surface area contributed by atoms with Gasteiger partial charge in [0.25, 0.3) is 5.91 Å². The van der Waals surface area contributed by atoms with Gasteiger partial charge in [-0.1, -0.05) is 32.0 Å². The number of para-hydroxylation sites is 1. The van der Waals surface area contributed by atoms with Gasteiger partial charge in [0.15, 0.2) is 6.10 Å². The summed E-state index contributed by atoms with van der Waals surface area (Å²) in [7, 11) is 3.48. The zero-order valence-electron chi connectivity index (χ0n) is 13.1. The summed E-state index contributed by atoms with van der Waals surface area (Å²) in [6, 6.07) is 8.16. The molecule has 0 heterocycles. The van der Waals surface area contributed by atoms with Crippen LogP contribution in [-0.4, -0.2) is 37.6 Å². The van der Waals surface area contributed by atoms with E-state index < -0.39 is 6.10 Å². The Morgan fingerprint density at radius 1 is 1.30 bits per heavy atom. The van der Waals surface area contributed by atoms with Crippen LogP contribution in [0.5, 0.6) is 5.75 Å². The number of carbonyl (C=O) groups is 1. The van der Waals surface area contributed by atoms with E-state index in [1.54, 1.807) is 25.9 Å². The molecule has 1 amide bonds. The highest BCUT2D eigenvalue weighted by Crippen LogP contribution is 2.28. The third kappa shape index (κ3) is 4.23. The van der Waals surface area contributed by atoms with E-state index in [4.69, 9.17) is 4.74 Å². The number of likely N-dealkylation sites (N-methyl/N-ethyl adjacent to an activating group) is 1. The van der Waals surface area contributed by atoms with E-state index in [1.165, 1.54) is 0 Å². The molecule has 20 heavy (non-hydrogen) atoms. The molecule has 0 spiro atoms. The monoisotopic (exact) mass is 278 g/mol. The van der Waals surface area contributed by atoms with Crippen LogP contribution >= 0.6 is 0 Å². The van der Waals surface area contributed by atoms with Crippen molar-refractivity contribution in [3.05, 3.63) is 29.8 Å². The summed E-state index contributed by atoms with van der Waals surface area (Å²) >= 11 is 0. The molecule has 4 nitrogen and oxygen atoms in total.